The van der Waals surface area contributed by atoms with Gasteiger partial charge in [-0.3, -0.25) is 4.79 Å². The number of halogens is 1. The first-order valence-electron chi connectivity index (χ1n) is 9.04. The fourth-order valence-electron chi connectivity index (χ4n) is 2.97. The molecule has 3 aromatic rings. The molecule has 2 heterocycles. The van der Waals surface area contributed by atoms with Gasteiger partial charge in [-0.15, -0.1) is 12.4 Å². The van der Waals surface area contributed by atoms with Gasteiger partial charge in [-0.1, -0.05) is 0 Å². The standard InChI is InChI=1S/C21H24N4O2.ClH/c1-5-25(6-2)21(26)18-13-22-20-17(12-7-14(3)23-20)19(18)24-15-8-10-16(27-4)11-9-15;/h7-13H,5-6H2,1-4H3,(H,22,23,24);1H. The molecule has 0 atom stereocenters. The van der Waals surface area contributed by atoms with E-state index in [1.54, 1.807) is 18.2 Å². The van der Waals surface area contributed by atoms with Crippen LogP contribution in [0.15, 0.2) is 42.6 Å². The van der Waals surface area contributed by atoms with E-state index in [4.69, 9.17) is 4.74 Å². The number of methoxy groups -OCH3 is 1. The summed E-state index contributed by atoms with van der Waals surface area (Å²) in [6, 6.07) is 11.5. The van der Waals surface area contributed by atoms with Crippen molar-refractivity contribution in [2.75, 3.05) is 25.5 Å². The van der Waals surface area contributed by atoms with Crippen LogP contribution in [0.2, 0.25) is 0 Å². The highest BCUT2D eigenvalue weighted by Gasteiger charge is 2.20. The van der Waals surface area contributed by atoms with Crippen molar-refractivity contribution in [3.8, 4) is 5.75 Å². The number of carbonyl (C=O) groups excluding carboxylic acids is 1. The number of ether oxygens (including phenoxy) is 1. The van der Waals surface area contributed by atoms with E-state index in [-0.39, 0.29) is 18.3 Å². The summed E-state index contributed by atoms with van der Waals surface area (Å²) in [5.74, 6) is 0.725. The molecule has 1 amide bonds. The summed E-state index contributed by atoms with van der Waals surface area (Å²) in [6.45, 7) is 7.14. The molecule has 3 rings (SSSR count). The number of nitrogens with zero attached hydrogens (tertiary/aromatic N) is 3. The van der Waals surface area contributed by atoms with Crippen LogP contribution < -0.4 is 10.1 Å². The van der Waals surface area contributed by atoms with Gasteiger partial charge in [0.05, 0.1) is 18.4 Å². The van der Waals surface area contributed by atoms with Gasteiger partial charge in [0.15, 0.2) is 5.65 Å². The van der Waals surface area contributed by atoms with Crippen molar-refractivity contribution < 1.29 is 9.53 Å². The van der Waals surface area contributed by atoms with Crippen molar-refractivity contribution >= 4 is 40.7 Å². The van der Waals surface area contributed by atoms with Crippen molar-refractivity contribution in [2.45, 2.75) is 20.8 Å². The first kappa shape index (κ1) is 21.4. The normalized spacial score (nSPS) is 10.3. The topological polar surface area (TPSA) is 67.4 Å². The first-order chi connectivity index (χ1) is 13.1. The van der Waals surface area contributed by atoms with Crippen LogP contribution in [0.25, 0.3) is 11.0 Å². The number of fused-ring (bicyclic) bond motifs is 1. The van der Waals surface area contributed by atoms with Crippen LogP contribution in [0, 0.1) is 6.92 Å². The zero-order valence-electron chi connectivity index (χ0n) is 16.5. The van der Waals surface area contributed by atoms with Gasteiger partial charge in [0.1, 0.15) is 5.75 Å². The number of aromatic nitrogens is 2. The van der Waals surface area contributed by atoms with E-state index >= 15 is 0 Å². The molecular weight excluding hydrogens is 376 g/mol. The molecule has 0 spiro atoms. The Labute approximate surface area is 171 Å². The molecule has 0 saturated heterocycles. The van der Waals surface area contributed by atoms with Crippen LogP contribution in [0.1, 0.15) is 29.9 Å². The molecule has 7 heteroatoms. The van der Waals surface area contributed by atoms with Crippen molar-refractivity contribution in [1.82, 2.24) is 14.9 Å². The second kappa shape index (κ2) is 9.37. The molecule has 148 valence electrons. The quantitative estimate of drug-likeness (QED) is 0.655. The van der Waals surface area contributed by atoms with Gasteiger partial charge in [0, 0.05) is 36.1 Å². The molecule has 0 aliphatic carbocycles. The zero-order chi connectivity index (χ0) is 19.4. The molecule has 2 aromatic heterocycles. The maximum absolute atomic E-state index is 13.0. The Hall–Kier alpha value is -2.86. The largest absolute Gasteiger partial charge is 0.497 e. The van der Waals surface area contributed by atoms with Crippen LogP contribution in [0.5, 0.6) is 5.75 Å². The second-order valence-corrected chi connectivity index (χ2v) is 6.20. The first-order valence-corrected chi connectivity index (χ1v) is 9.04. The summed E-state index contributed by atoms with van der Waals surface area (Å²) >= 11 is 0. The average molecular weight is 401 g/mol. The molecule has 1 N–H and O–H groups in total. The lowest BCUT2D eigenvalue weighted by atomic mass is 10.1. The van der Waals surface area contributed by atoms with Crippen LogP contribution >= 0.6 is 12.4 Å². The molecule has 0 unspecified atom stereocenters. The van der Waals surface area contributed by atoms with E-state index in [2.05, 4.69) is 15.3 Å². The Morgan fingerprint density at radius 3 is 2.39 bits per heavy atom. The van der Waals surface area contributed by atoms with Crippen LogP contribution in [0.3, 0.4) is 0 Å². The van der Waals surface area contributed by atoms with Gasteiger partial charge in [-0.05, 0) is 57.2 Å². The van der Waals surface area contributed by atoms with E-state index in [1.165, 1.54) is 0 Å². The number of hydrogen-bond acceptors (Lipinski definition) is 5. The smallest absolute Gasteiger partial charge is 0.257 e. The molecule has 0 saturated carbocycles. The van der Waals surface area contributed by atoms with E-state index in [9.17, 15) is 4.79 Å². The van der Waals surface area contributed by atoms with Gasteiger partial charge < -0.3 is 15.0 Å². The molecule has 0 bridgehead atoms. The lowest BCUT2D eigenvalue weighted by molar-refractivity contribution is 0.0774. The lowest BCUT2D eigenvalue weighted by Crippen LogP contribution is -2.31. The Bertz CT molecular complexity index is 957. The van der Waals surface area contributed by atoms with Crippen molar-refractivity contribution in [1.29, 1.82) is 0 Å². The van der Waals surface area contributed by atoms with E-state index in [0.717, 1.165) is 28.2 Å². The number of benzene rings is 1. The Kier molecular flexibility index (Phi) is 7.18. The SMILES string of the molecule is CCN(CC)C(=O)c1cnc2nc(C)ccc2c1Nc1ccc(OC)cc1.Cl. The molecule has 0 aliphatic heterocycles. The number of rotatable bonds is 6. The summed E-state index contributed by atoms with van der Waals surface area (Å²) in [7, 11) is 1.63. The summed E-state index contributed by atoms with van der Waals surface area (Å²) in [5.41, 5.74) is 3.61. The molecule has 28 heavy (non-hydrogen) atoms. The summed E-state index contributed by atoms with van der Waals surface area (Å²) < 4.78 is 5.22. The molecule has 0 fully saturated rings. The lowest BCUT2D eigenvalue weighted by Gasteiger charge is -2.21. The highest BCUT2D eigenvalue weighted by atomic mass is 35.5. The van der Waals surface area contributed by atoms with Gasteiger partial charge in [-0.2, -0.15) is 0 Å². The predicted octanol–water partition coefficient (Wildman–Crippen LogP) is 4.59. The Morgan fingerprint density at radius 2 is 1.79 bits per heavy atom. The Balaban J connectivity index is 0.00000280. The maximum Gasteiger partial charge on any atom is 0.257 e. The van der Waals surface area contributed by atoms with Gasteiger partial charge in [-0.25, -0.2) is 9.97 Å². The van der Waals surface area contributed by atoms with Crippen molar-refractivity contribution in [3.63, 3.8) is 0 Å². The number of nitrogens with one attached hydrogen (secondary N) is 1. The third kappa shape index (κ3) is 4.34. The van der Waals surface area contributed by atoms with Crippen LogP contribution in [-0.4, -0.2) is 41.0 Å². The minimum absolute atomic E-state index is 0. The van der Waals surface area contributed by atoms with E-state index in [1.807, 2.05) is 57.2 Å². The minimum atomic E-state index is -0.0500. The van der Waals surface area contributed by atoms with E-state index < -0.39 is 0 Å². The van der Waals surface area contributed by atoms with Crippen molar-refractivity contribution in [2.24, 2.45) is 0 Å². The van der Waals surface area contributed by atoms with Gasteiger partial charge in [0.2, 0.25) is 0 Å². The summed E-state index contributed by atoms with van der Waals surface area (Å²) in [4.78, 5) is 23.7. The number of pyridine rings is 2. The van der Waals surface area contributed by atoms with Crippen molar-refractivity contribution in [3.05, 3.63) is 53.9 Å². The zero-order valence-corrected chi connectivity index (χ0v) is 17.3. The monoisotopic (exact) mass is 400 g/mol. The fourth-order valence-corrected chi connectivity index (χ4v) is 2.97. The van der Waals surface area contributed by atoms with Crippen LogP contribution in [-0.2, 0) is 0 Å². The molecule has 6 nitrogen and oxygen atoms in total. The third-order valence-electron chi connectivity index (χ3n) is 4.51. The maximum atomic E-state index is 13.0. The molecular formula is C21H25ClN4O2. The predicted molar refractivity (Wildman–Crippen MR) is 115 cm³/mol. The number of anilines is 2. The number of hydrogen-bond donors (Lipinski definition) is 1. The Morgan fingerprint density at radius 1 is 1.11 bits per heavy atom. The molecule has 1 aromatic carbocycles. The van der Waals surface area contributed by atoms with Crippen LogP contribution in [0.4, 0.5) is 11.4 Å². The average Bonchev–Trinajstić information content (AvgIpc) is 2.69. The number of aryl methyl sites for hydroxylation is 1. The minimum Gasteiger partial charge on any atom is -0.497 e. The second-order valence-electron chi connectivity index (χ2n) is 6.20. The fraction of sp³-hybridized carbons (Fsp3) is 0.286. The van der Waals surface area contributed by atoms with Gasteiger partial charge >= 0.3 is 0 Å². The molecule has 0 aliphatic rings. The highest BCUT2D eigenvalue weighted by Crippen LogP contribution is 2.30. The summed E-state index contributed by atoms with van der Waals surface area (Å²) in [5, 5.41) is 4.20. The third-order valence-corrected chi connectivity index (χ3v) is 4.51. The number of amides is 1. The molecule has 0 radical (unpaired) electrons. The van der Waals surface area contributed by atoms with E-state index in [0.29, 0.717) is 24.3 Å². The van der Waals surface area contributed by atoms with Gasteiger partial charge in [0.25, 0.3) is 5.91 Å². The number of carbonyl (C=O) groups is 1. The highest BCUT2D eigenvalue weighted by molar-refractivity contribution is 6.07. The summed E-state index contributed by atoms with van der Waals surface area (Å²) in [6.07, 6.45) is 1.61.